The molecule has 0 bridgehead atoms. The monoisotopic (exact) mass is 298 g/mol. The summed E-state index contributed by atoms with van der Waals surface area (Å²) in [5, 5.41) is -0.148. The molecule has 2 nitrogen and oxygen atoms in total. The van der Waals surface area contributed by atoms with Crippen LogP contribution in [0.15, 0.2) is 54.6 Å². The van der Waals surface area contributed by atoms with Gasteiger partial charge < -0.3 is 0 Å². The minimum absolute atomic E-state index is 0.148. The number of rotatable bonds is 2. The second kappa shape index (κ2) is 5.62. The van der Waals surface area contributed by atoms with Crippen LogP contribution < -0.4 is 0 Å². The molecule has 0 spiro atoms. The van der Waals surface area contributed by atoms with E-state index in [2.05, 4.69) is 9.97 Å². The standard InChI is InChI=1S/C17H12ClFN2/c1-11-15(19)16(18)21-17(20-11)14-9-7-13(8-10-14)12-5-3-2-4-6-12/h2-10H,1H3. The van der Waals surface area contributed by atoms with Gasteiger partial charge >= 0.3 is 0 Å². The third-order valence-corrected chi connectivity index (χ3v) is 3.48. The molecule has 21 heavy (non-hydrogen) atoms. The Hall–Kier alpha value is -2.26. The molecule has 0 aliphatic carbocycles. The van der Waals surface area contributed by atoms with Crippen molar-refractivity contribution in [2.45, 2.75) is 6.92 Å². The van der Waals surface area contributed by atoms with Crippen molar-refractivity contribution < 1.29 is 4.39 Å². The molecule has 0 atom stereocenters. The lowest BCUT2D eigenvalue weighted by Gasteiger charge is -2.06. The second-order valence-electron chi connectivity index (χ2n) is 4.68. The minimum Gasteiger partial charge on any atom is -0.230 e. The van der Waals surface area contributed by atoms with Crippen LogP contribution in [0.4, 0.5) is 4.39 Å². The highest BCUT2D eigenvalue weighted by molar-refractivity contribution is 6.29. The van der Waals surface area contributed by atoms with Gasteiger partial charge in [-0.25, -0.2) is 14.4 Å². The molecule has 0 aliphatic heterocycles. The lowest BCUT2D eigenvalue weighted by molar-refractivity contribution is 0.603. The van der Waals surface area contributed by atoms with E-state index in [0.717, 1.165) is 16.7 Å². The average Bonchev–Trinajstić information content (AvgIpc) is 2.53. The van der Waals surface area contributed by atoms with Crippen molar-refractivity contribution in [1.82, 2.24) is 9.97 Å². The molecule has 0 saturated heterocycles. The van der Waals surface area contributed by atoms with Crippen LogP contribution in [-0.4, -0.2) is 9.97 Å². The van der Waals surface area contributed by atoms with E-state index < -0.39 is 5.82 Å². The number of aromatic nitrogens is 2. The molecule has 0 saturated carbocycles. The highest BCUT2D eigenvalue weighted by Crippen LogP contribution is 2.24. The van der Waals surface area contributed by atoms with Crippen molar-refractivity contribution in [3.05, 3.63) is 71.3 Å². The summed E-state index contributed by atoms with van der Waals surface area (Å²) < 4.78 is 13.5. The van der Waals surface area contributed by atoms with Crippen LogP contribution in [0.5, 0.6) is 0 Å². The fraction of sp³-hybridized carbons (Fsp3) is 0.0588. The largest absolute Gasteiger partial charge is 0.230 e. The summed E-state index contributed by atoms with van der Waals surface area (Å²) in [5.41, 5.74) is 3.29. The van der Waals surface area contributed by atoms with E-state index in [4.69, 9.17) is 11.6 Å². The van der Waals surface area contributed by atoms with Crippen molar-refractivity contribution in [3.63, 3.8) is 0 Å². The second-order valence-corrected chi connectivity index (χ2v) is 5.04. The zero-order chi connectivity index (χ0) is 14.8. The average molecular weight is 299 g/mol. The Labute approximate surface area is 127 Å². The normalized spacial score (nSPS) is 10.6. The van der Waals surface area contributed by atoms with Gasteiger partial charge in [0, 0.05) is 5.56 Å². The van der Waals surface area contributed by atoms with Gasteiger partial charge in [-0.15, -0.1) is 0 Å². The molecule has 0 radical (unpaired) electrons. The van der Waals surface area contributed by atoms with E-state index in [9.17, 15) is 4.39 Å². The van der Waals surface area contributed by atoms with E-state index in [1.807, 2.05) is 54.6 Å². The number of nitrogens with zero attached hydrogens (tertiary/aromatic N) is 2. The van der Waals surface area contributed by atoms with Crippen LogP contribution in [0.3, 0.4) is 0 Å². The van der Waals surface area contributed by atoms with Gasteiger partial charge in [0.1, 0.15) is 0 Å². The number of aryl methyl sites for hydroxylation is 1. The van der Waals surface area contributed by atoms with Gasteiger partial charge in [-0.1, -0.05) is 66.2 Å². The van der Waals surface area contributed by atoms with E-state index >= 15 is 0 Å². The summed E-state index contributed by atoms with van der Waals surface area (Å²) in [5.74, 6) is -0.139. The maximum atomic E-state index is 13.5. The zero-order valence-corrected chi connectivity index (χ0v) is 12.1. The van der Waals surface area contributed by atoms with Crippen LogP contribution in [-0.2, 0) is 0 Å². The van der Waals surface area contributed by atoms with Crippen LogP contribution in [0.2, 0.25) is 5.15 Å². The topological polar surface area (TPSA) is 25.8 Å². The van der Waals surface area contributed by atoms with Crippen molar-refractivity contribution in [3.8, 4) is 22.5 Å². The molecule has 3 aromatic rings. The molecule has 1 aromatic heterocycles. The van der Waals surface area contributed by atoms with Crippen molar-refractivity contribution in [2.24, 2.45) is 0 Å². The van der Waals surface area contributed by atoms with E-state index in [1.165, 1.54) is 0 Å². The number of halogens is 2. The molecule has 1 heterocycles. The molecule has 0 fully saturated rings. The highest BCUT2D eigenvalue weighted by atomic mass is 35.5. The first-order valence-electron chi connectivity index (χ1n) is 6.50. The molecule has 3 rings (SSSR count). The van der Waals surface area contributed by atoms with Gasteiger partial charge in [0.25, 0.3) is 0 Å². The fourth-order valence-corrected chi connectivity index (χ4v) is 2.31. The quantitative estimate of drug-likeness (QED) is 0.628. The highest BCUT2D eigenvalue weighted by Gasteiger charge is 2.10. The molecule has 104 valence electrons. The predicted octanol–water partition coefficient (Wildman–Crippen LogP) is 4.91. The van der Waals surface area contributed by atoms with Crippen molar-refractivity contribution >= 4 is 11.6 Å². The molecule has 4 heteroatoms. The summed E-state index contributed by atoms with van der Waals surface area (Å²) in [6.07, 6.45) is 0. The van der Waals surface area contributed by atoms with Gasteiger partial charge in [-0.2, -0.15) is 0 Å². The Balaban J connectivity index is 1.98. The Kier molecular flexibility index (Phi) is 3.67. The lowest BCUT2D eigenvalue weighted by Crippen LogP contribution is -1.97. The number of benzene rings is 2. The first-order valence-corrected chi connectivity index (χ1v) is 6.88. The predicted molar refractivity (Wildman–Crippen MR) is 82.6 cm³/mol. The van der Waals surface area contributed by atoms with Gasteiger partial charge in [0.05, 0.1) is 5.69 Å². The van der Waals surface area contributed by atoms with Crippen molar-refractivity contribution in [1.29, 1.82) is 0 Å². The molecule has 0 unspecified atom stereocenters. The Morgan fingerprint density at radius 1 is 0.810 bits per heavy atom. The molecule has 0 aliphatic rings. The Morgan fingerprint density at radius 3 is 2.00 bits per heavy atom. The van der Waals surface area contributed by atoms with Crippen LogP contribution >= 0.6 is 11.6 Å². The van der Waals surface area contributed by atoms with E-state index in [-0.39, 0.29) is 10.8 Å². The summed E-state index contributed by atoms with van der Waals surface area (Å²) in [6.45, 7) is 1.57. The number of hydrogen-bond donors (Lipinski definition) is 0. The zero-order valence-electron chi connectivity index (χ0n) is 11.3. The Bertz CT molecular complexity index is 748. The smallest absolute Gasteiger partial charge is 0.181 e. The fourth-order valence-electron chi connectivity index (χ4n) is 2.10. The summed E-state index contributed by atoms with van der Waals surface area (Å²) in [4.78, 5) is 8.12. The number of hydrogen-bond acceptors (Lipinski definition) is 2. The van der Waals surface area contributed by atoms with Gasteiger partial charge in [0.2, 0.25) is 0 Å². The lowest BCUT2D eigenvalue weighted by atomic mass is 10.0. The van der Waals surface area contributed by atoms with Crippen molar-refractivity contribution in [2.75, 3.05) is 0 Å². The Morgan fingerprint density at radius 2 is 1.38 bits per heavy atom. The van der Waals surface area contributed by atoms with Gasteiger partial charge in [-0.3, -0.25) is 0 Å². The molecular weight excluding hydrogens is 287 g/mol. The summed E-state index contributed by atoms with van der Waals surface area (Å²) in [7, 11) is 0. The van der Waals surface area contributed by atoms with Gasteiger partial charge in [-0.05, 0) is 18.1 Å². The SMILES string of the molecule is Cc1nc(-c2ccc(-c3ccccc3)cc2)nc(Cl)c1F. The maximum Gasteiger partial charge on any atom is 0.181 e. The summed E-state index contributed by atoms with van der Waals surface area (Å²) in [6, 6.07) is 17.9. The molecule has 0 amide bonds. The third kappa shape index (κ3) is 2.78. The van der Waals surface area contributed by atoms with Crippen LogP contribution in [0, 0.1) is 12.7 Å². The van der Waals surface area contributed by atoms with E-state index in [0.29, 0.717) is 5.82 Å². The molecule has 0 N–H and O–H groups in total. The third-order valence-electron chi connectivity index (χ3n) is 3.23. The van der Waals surface area contributed by atoms with Crippen LogP contribution in [0.1, 0.15) is 5.69 Å². The summed E-state index contributed by atoms with van der Waals surface area (Å²) >= 11 is 5.77. The molecular formula is C17H12ClFN2. The van der Waals surface area contributed by atoms with Gasteiger partial charge in [0.15, 0.2) is 16.8 Å². The van der Waals surface area contributed by atoms with Crippen LogP contribution in [0.25, 0.3) is 22.5 Å². The molecule has 2 aromatic carbocycles. The first kappa shape index (κ1) is 13.7. The maximum absolute atomic E-state index is 13.5. The first-order chi connectivity index (χ1) is 10.1. The minimum atomic E-state index is -0.568. The van der Waals surface area contributed by atoms with E-state index in [1.54, 1.807) is 6.92 Å².